The van der Waals surface area contributed by atoms with Crippen LogP contribution in [0.2, 0.25) is 0 Å². The minimum atomic E-state index is -0.357. The van der Waals surface area contributed by atoms with Crippen LogP contribution in [0.4, 0.5) is 16.2 Å². The number of halogens is 1. The summed E-state index contributed by atoms with van der Waals surface area (Å²) in [5.41, 5.74) is 8.40. The first kappa shape index (κ1) is 23.5. The number of amides is 3. The van der Waals surface area contributed by atoms with Crippen molar-refractivity contribution in [2.75, 3.05) is 17.2 Å². The number of urea groups is 1. The number of anilines is 2. The molecule has 0 spiro atoms. The number of benzene rings is 2. The van der Waals surface area contributed by atoms with Crippen LogP contribution in [0.3, 0.4) is 0 Å². The molecule has 3 amide bonds. The molecule has 0 fully saturated rings. The van der Waals surface area contributed by atoms with Gasteiger partial charge in [-0.05, 0) is 43.2 Å². The Bertz CT molecular complexity index is 768. The van der Waals surface area contributed by atoms with Crippen LogP contribution in [-0.2, 0) is 0 Å². The fourth-order valence-electron chi connectivity index (χ4n) is 2.67. The molecule has 1 unspecified atom stereocenters. The fourth-order valence-corrected chi connectivity index (χ4v) is 2.67. The lowest BCUT2D eigenvalue weighted by atomic mass is 10.1. The van der Waals surface area contributed by atoms with E-state index >= 15 is 0 Å². The number of hydrogen-bond donors (Lipinski definition) is 4. The minimum absolute atomic E-state index is 0. The highest BCUT2D eigenvalue weighted by molar-refractivity contribution is 6.02. The maximum absolute atomic E-state index is 12.5. The number of nitrogens with one attached hydrogen (secondary N) is 3. The molecule has 7 heteroatoms. The summed E-state index contributed by atoms with van der Waals surface area (Å²) < 4.78 is 0. The van der Waals surface area contributed by atoms with Gasteiger partial charge in [-0.2, -0.15) is 0 Å². The van der Waals surface area contributed by atoms with Crippen molar-refractivity contribution in [1.82, 2.24) is 5.32 Å². The predicted octanol–water partition coefficient (Wildman–Crippen LogP) is 4.31. The van der Waals surface area contributed by atoms with Crippen LogP contribution in [0, 0.1) is 6.92 Å². The second kappa shape index (κ2) is 12.0. The molecule has 0 saturated heterocycles. The smallest absolute Gasteiger partial charge is 0.323 e. The van der Waals surface area contributed by atoms with Crippen molar-refractivity contribution in [1.29, 1.82) is 0 Å². The van der Waals surface area contributed by atoms with Crippen LogP contribution in [0.25, 0.3) is 0 Å². The van der Waals surface area contributed by atoms with Crippen molar-refractivity contribution < 1.29 is 9.59 Å². The van der Waals surface area contributed by atoms with Gasteiger partial charge in [-0.25, -0.2) is 4.79 Å². The fraction of sp³-hybridized carbons (Fsp3) is 0.333. The highest BCUT2D eigenvalue weighted by Crippen LogP contribution is 2.18. The quantitative estimate of drug-likeness (QED) is 0.527. The number of carbonyl (C=O) groups excluding carboxylic acids is 2. The first-order valence-corrected chi connectivity index (χ1v) is 9.28. The molecule has 0 bridgehead atoms. The number of para-hydroxylation sites is 1. The molecule has 152 valence electrons. The van der Waals surface area contributed by atoms with Gasteiger partial charge in [0.25, 0.3) is 5.91 Å². The Labute approximate surface area is 172 Å². The number of unbranched alkanes of at least 4 members (excludes halogenated alkanes) is 1. The minimum Gasteiger partial charge on any atom is -0.348 e. The molecule has 0 aromatic heterocycles. The van der Waals surface area contributed by atoms with Crippen molar-refractivity contribution in [3.8, 4) is 0 Å². The van der Waals surface area contributed by atoms with Gasteiger partial charge in [0.1, 0.15) is 0 Å². The lowest BCUT2D eigenvalue weighted by Gasteiger charge is -2.17. The lowest BCUT2D eigenvalue weighted by molar-refractivity contribution is 0.0935. The summed E-state index contributed by atoms with van der Waals surface area (Å²) >= 11 is 0. The van der Waals surface area contributed by atoms with E-state index in [1.807, 2.05) is 31.2 Å². The van der Waals surface area contributed by atoms with E-state index in [1.165, 1.54) is 0 Å². The highest BCUT2D eigenvalue weighted by Gasteiger charge is 2.14. The molecule has 0 aliphatic rings. The molecular formula is C21H29ClN4O2. The van der Waals surface area contributed by atoms with Gasteiger partial charge >= 0.3 is 6.03 Å². The third-order valence-corrected chi connectivity index (χ3v) is 4.31. The van der Waals surface area contributed by atoms with Gasteiger partial charge in [-0.3, -0.25) is 4.79 Å². The SMILES string of the molecule is CCCCC(CN)NC(=O)c1ccc(C)c(NC(=O)Nc2ccccc2)c1.Cl. The van der Waals surface area contributed by atoms with Crippen molar-refractivity contribution in [3.63, 3.8) is 0 Å². The Morgan fingerprint density at radius 3 is 2.43 bits per heavy atom. The first-order chi connectivity index (χ1) is 13.0. The van der Waals surface area contributed by atoms with E-state index in [4.69, 9.17) is 5.73 Å². The monoisotopic (exact) mass is 404 g/mol. The number of nitrogens with two attached hydrogens (primary N) is 1. The van der Waals surface area contributed by atoms with E-state index in [0.717, 1.165) is 24.8 Å². The van der Waals surface area contributed by atoms with Crippen LogP contribution in [0.5, 0.6) is 0 Å². The van der Waals surface area contributed by atoms with Crippen molar-refractivity contribution in [2.24, 2.45) is 5.73 Å². The Balaban J connectivity index is 0.00000392. The maximum Gasteiger partial charge on any atom is 0.323 e. The average Bonchev–Trinajstić information content (AvgIpc) is 2.67. The maximum atomic E-state index is 12.5. The van der Waals surface area contributed by atoms with Gasteiger partial charge in [-0.15, -0.1) is 12.4 Å². The Kier molecular flexibility index (Phi) is 10.1. The summed E-state index contributed by atoms with van der Waals surface area (Å²) in [6.07, 6.45) is 2.93. The summed E-state index contributed by atoms with van der Waals surface area (Å²) in [7, 11) is 0. The van der Waals surface area contributed by atoms with Crippen LogP contribution < -0.4 is 21.7 Å². The second-order valence-corrected chi connectivity index (χ2v) is 6.52. The molecule has 5 N–H and O–H groups in total. The lowest BCUT2D eigenvalue weighted by Crippen LogP contribution is -2.40. The molecule has 6 nitrogen and oxygen atoms in total. The van der Waals surface area contributed by atoms with Gasteiger partial charge in [0.2, 0.25) is 0 Å². The van der Waals surface area contributed by atoms with Gasteiger partial charge in [0, 0.05) is 29.5 Å². The molecule has 0 saturated carbocycles. The van der Waals surface area contributed by atoms with E-state index in [-0.39, 0.29) is 30.4 Å². The number of rotatable bonds is 8. The molecule has 28 heavy (non-hydrogen) atoms. The van der Waals surface area contributed by atoms with E-state index < -0.39 is 0 Å². The van der Waals surface area contributed by atoms with Crippen LogP contribution >= 0.6 is 12.4 Å². The topological polar surface area (TPSA) is 96.2 Å². The van der Waals surface area contributed by atoms with Crippen LogP contribution in [-0.4, -0.2) is 24.5 Å². The largest absolute Gasteiger partial charge is 0.348 e. The van der Waals surface area contributed by atoms with Crippen molar-refractivity contribution >= 4 is 35.7 Å². The van der Waals surface area contributed by atoms with Crippen LogP contribution in [0.1, 0.15) is 42.1 Å². The zero-order valence-corrected chi connectivity index (χ0v) is 17.1. The van der Waals surface area contributed by atoms with Crippen LogP contribution in [0.15, 0.2) is 48.5 Å². The van der Waals surface area contributed by atoms with Crippen molar-refractivity contribution in [3.05, 3.63) is 59.7 Å². The van der Waals surface area contributed by atoms with Gasteiger partial charge in [0.05, 0.1) is 0 Å². The summed E-state index contributed by atoms with van der Waals surface area (Å²) in [5.74, 6) is -0.187. The molecular weight excluding hydrogens is 376 g/mol. The summed E-state index contributed by atoms with van der Waals surface area (Å²) in [6, 6.07) is 14.0. The zero-order valence-electron chi connectivity index (χ0n) is 16.3. The van der Waals surface area contributed by atoms with Gasteiger partial charge < -0.3 is 21.7 Å². The zero-order chi connectivity index (χ0) is 19.6. The number of aryl methyl sites for hydroxylation is 1. The van der Waals surface area contributed by atoms with E-state index in [1.54, 1.807) is 24.3 Å². The molecule has 0 radical (unpaired) electrons. The molecule has 2 aromatic rings. The summed E-state index contributed by atoms with van der Waals surface area (Å²) in [5, 5.41) is 8.53. The normalized spacial score (nSPS) is 11.1. The summed E-state index contributed by atoms with van der Waals surface area (Å²) in [4.78, 5) is 24.7. The second-order valence-electron chi connectivity index (χ2n) is 6.52. The molecule has 2 rings (SSSR count). The standard InChI is InChI=1S/C21H28N4O2.ClH/c1-3-4-8-18(14-22)23-20(26)16-12-11-15(2)19(13-16)25-21(27)24-17-9-6-5-7-10-17;/h5-7,9-13,18H,3-4,8,14,22H2,1-2H3,(H,23,26)(H2,24,25,27);1H. The molecule has 0 aliphatic carbocycles. The number of carbonyl (C=O) groups is 2. The molecule has 1 atom stereocenters. The third-order valence-electron chi connectivity index (χ3n) is 4.31. The van der Waals surface area contributed by atoms with E-state index in [2.05, 4.69) is 22.9 Å². The van der Waals surface area contributed by atoms with Gasteiger partial charge in [0.15, 0.2) is 0 Å². The molecule has 2 aromatic carbocycles. The van der Waals surface area contributed by atoms with E-state index in [0.29, 0.717) is 23.5 Å². The molecule has 0 aliphatic heterocycles. The average molecular weight is 405 g/mol. The summed E-state index contributed by atoms with van der Waals surface area (Å²) in [6.45, 7) is 4.39. The highest BCUT2D eigenvalue weighted by atomic mass is 35.5. The van der Waals surface area contributed by atoms with Gasteiger partial charge in [-0.1, -0.05) is 44.0 Å². The van der Waals surface area contributed by atoms with Crippen molar-refractivity contribution in [2.45, 2.75) is 39.2 Å². The molecule has 0 heterocycles. The van der Waals surface area contributed by atoms with E-state index in [9.17, 15) is 9.59 Å². The Hall–Kier alpha value is -2.57. The third kappa shape index (κ3) is 7.21. The Morgan fingerprint density at radius 2 is 1.79 bits per heavy atom. The Morgan fingerprint density at radius 1 is 1.07 bits per heavy atom. The predicted molar refractivity (Wildman–Crippen MR) is 117 cm³/mol. The first-order valence-electron chi connectivity index (χ1n) is 9.28. The number of hydrogen-bond acceptors (Lipinski definition) is 3.